The molecule has 7 aromatic carbocycles. The lowest BCUT2D eigenvalue weighted by Crippen LogP contribution is -2.15. The number of benzene rings is 7. The van der Waals surface area contributed by atoms with Crippen LogP contribution >= 0.6 is 0 Å². The van der Waals surface area contributed by atoms with Crippen LogP contribution in [0.3, 0.4) is 0 Å². The second-order valence-corrected chi connectivity index (χ2v) is 14.1. The van der Waals surface area contributed by atoms with Gasteiger partial charge in [-0.1, -0.05) is 135 Å². The first kappa shape index (κ1) is 28.3. The molecule has 0 amide bonds. The molecular formula is C47H31N3O. The fourth-order valence-corrected chi connectivity index (χ4v) is 8.75. The molecular weight excluding hydrogens is 623 g/mol. The van der Waals surface area contributed by atoms with E-state index in [1.54, 1.807) is 0 Å². The Morgan fingerprint density at radius 1 is 0.588 bits per heavy atom. The van der Waals surface area contributed by atoms with Gasteiger partial charge < -0.3 is 8.98 Å². The van der Waals surface area contributed by atoms with E-state index in [1.165, 1.54) is 38.4 Å². The molecule has 10 aromatic rings. The van der Waals surface area contributed by atoms with E-state index in [1.807, 2.05) is 24.3 Å². The van der Waals surface area contributed by atoms with Crippen LogP contribution in [0.2, 0.25) is 0 Å². The van der Waals surface area contributed by atoms with Gasteiger partial charge in [0.05, 0.1) is 22.2 Å². The van der Waals surface area contributed by atoms with Gasteiger partial charge in [-0.05, 0) is 52.6 Å². The zero-order valence-electron chi connectivity index (χ0n) is 28.2. The smallest absolute Gasteiger partial charge is 0.160 e. The molecule has 0 saturated carbocycles. The molecule has 4 nitrogen and oxygen atoms in total. The zero-order chi connectivity index (χ0) is 33.8. The molecule has 240 valence electrons. The van der Waals surface area contributed by atoms with Crippen LogP contribution in [0, 0.1) is 0 Å². The minimum absolute atomic E-state index is 0.225. The fourth-order valence-electron chi connectivity index (χ4n) is 8.75. The van der Waals surface area contributed by atoms with Crippen molar-refractivity contribution in [1.82, 2.24) is 14.5 Å². The van der Waals surface area contributed by atoms with Gasteiger partial charge in [-0.25, -0.2) is 9.97 Å². The number of furan rings is 1. The summed E-state index contributed by atoms with van der Waals surface area (Å²) in [5.74, 6) is 0.716. The molecule has 0 unspecified atom stereocenters. The van der Waals surface area contributed by atoms with Gasteiger partial charge >= 0.3 is 0 Å². The molecule has 3 heterocycles. The summed E-state index contributed by atoms with van der Waals surface area (Å²) in [6, 6.07) is 53.5. The molecule has 51 heavy (non-hydrogen) atoms. The van der Waals surface area contributed by atoms with Gasteiger partial charge in [-0.3, -0.25) is 0 Å². The molecule has 3 aromatic heterocycles. The maximum absolute atomic E-state index is 6.97. The van der Waals surface area contributed by atoms with Crippen LogP contribution in [0.15, 0.2) is 156 Å². The van der Waals surface area contributed by atoms with Gasteiger partial charge in [0.2, 0.25) is 0 Å². The van der Waals surface area contributed by atoms with Crippen LogP contribution in [-0.2, 0) is 5.41 Å². The highest BCUT2D eigenvalue weighted by molar-refractivity contribution is 6.29. The average Bonchev–Trinajstić information content (AvgIpc) is 3.81. The summed E-state index contributed by atoms with van der Waals surface area (Å²) in [5, 5.41) is 5.77. The van der Waals surface area contributed by atoms with Crippen molar-refractivity contribution in [3.63, 3.8) is 0 Å². The molecule has 0 bridgehead atoms. The van der Waals surface area contributed by atoms with Gasteiger partial charge in [-0.2, -0.15) is 0 Å². The highest BCUT2D eigenvalue weighted by atomic mass is 16.3. The molecule has 4 heteroatoms. The topological polar surface area (TPSA) is 43.9 Å². The van der Waals surface area contributed by atoms with E-state index in [0.29, 0.717) is 5.82 Å². The van der Waals surface area contributed by atoms with E-state index in [9.17, 15) is 0 Å². The second-order valence-electron chi connectivity index (χ2n) is 14.1. The van der Waals surface area contributed by atoms with Crippen molar-refractivity contribution in [3.8, 4) is 39.5 Å². The van der Waals surface area contributed by atoms with E-state index in [0.717, 1.165) is 61.0 Å². The molecule has 0 radical (unpaired) electrons. The van der Waals surface area contributed by atoms with Crippen molar-refractivity contribution in [2.45, 2.75) is 19.3 Å². The zero-order valence-corrected chi connectivity index (χ0v) is 28.2. The minimum Gasteiger partial charge on any atom is -0.454 e. The summed E-state index contributed by atoms with van der Waals surface area (Å²) in [6.45, 7) is 4.75. The third kappa shape index (κ3) is 3.85. The lowest BCUT2D eigenvalue weighted by Gasteiger charge is -2.23. The third-order valence-electron chi connectivity index (χ3n) is 10.9. The van der Waals surface area contributed by atoms with Gasteiger partial charge in [0.1, 0.15) is 5.58 Å². The number of para-hydroxylation sites is 2. The van der Waals surface area contributed by atoms with Crippen LogP contribution in [0.4, 0.5) is 0 Å². The molecule has 1 aliphatic carbocycles. The first-order chi connectivity index (χ1) is 25.1. The first-order valence-corrected chi connectivity index (χ1v) is 17.5. The second kappa shape index (κ2) is 10.3. The molecule has 0 spiro atoms. The summed E-state index contributed by atoms with van der Waals surface area (Å²) < 4.78 is 9.38. The van der Waals surface area contributed by atoms with Gasteiger partial charge in [0.15, 0.2) is 11.4 Å². The summed E-state index contributed by atoms with van der Waals surface area (Å²) in [4.78, 5) is 10.3. The summed E-state index contributed by atoms with van der Waals surface area (Å²) in [5.41, 5.74) is 14.0. The molecule has 0 atom stereocenters. The SMILES string of the molecule is CC1(C)c2ccccc2-c2c1c1c3ccccc3n(-c3ccc4nc(-c5ccccc5)nc(-c5ccccc5)c4c3)c1c1oc3ccccc3c21. The Hall–Kier alpha value is -6.52. The van der Waals surface area contributed by atoms with Crippen LogP contribution in [0.1, 0.15) is 25.0 Å². The van der Waals surface area contributed by atoms with Crippen LogP contribution < -0.4 is 0 Å². The standard InChI is InChI=1S/C47H31N3O/c1-47(2)35-22-12-9-19-31(35)39-40-33-21-11-14-24-38(33)51-45(40)44-41(42(39)47)32-20-10-13-23-37(32)50(44)30-25-26-36-34(27-30)43(28-15-5-3-6-16-28)49-46(48-36)29-17-7-4-8-18-29/h3-27H,1-2H3. The quantitative estimate of drug-likeness (QED) is 0.191. The minimum atomic E-state index is -0.225. The molecule has 1 aliphatic rings. The van der Waals surface area contributed by atoms with Crippen molar-refractivity contribution < 1.29 is 4.42 Å². The molecule has 11 rings (SSSR count). The molecule has 0 aliphatic heterocycles. The van der Waals surface area contributed by atoms with E-state index >= 15 is 0 Å². The van der Waals surface area contributed by atoms with Crippen molar-refractivity contribution in [1.29, 1.82) is 0 Å². The average molecular weight is 654 g/mol. The molecule has 0 fully saturated rings. The Morgan fingerprint density at radius 3 is 2.10 bits per heavy atom. The van der Waals surface area contributed by atoms with Gasteiger partial charge in [0, 0.05) is 49.2 Å². The Bertz CT molecular complexity index is 3040. The highest BCUT2D eigenvalue weighted by Crippen LogP contribution is 2.58. The Balaban J connectivity index is 1.30. The van der Waals surface area contributed by atoms with Crippen molar-refractivity contribution >= 4 is 54.6 Å². The van der Waals surface area contributed by atoms with Crippen LogP contribution in [-0.4, -0.2) is 14.5 Å². The summed E-state index contributed by atoms with van der Waals surface area (Å²) >= 11 is 0. The lowest BCUT2D eigenvalue weighted by molar-refractivity contribution is 0.663. The van der Waals surface area contributed by atoms with Gasteiger partial charge in [0.25, 0.3) is 0 Å². The van der Waals surface area contributed by atoms with Crippen LogP contribution in [0.25, 0.3) is 94.1 Å². The van der Waals surface area contributed by atoms with Crippen LogP contribution in [0.5, 0.6) is 0 Å². The highest BCUT2D eigenvalue weighted by Gasteiger charge is 2.41. The number of nitrogens with zero attached hydrogens (tertiary/aromatic N) is 3. The number of hydrogen-bond donors (Lipinski definition) is 0. The Kier molecular flexibility index (Phi) is 5.70. The van der Waals surface area contributed by atoms with E-state index in [-0.39, 0.29) is 5.41 Å². The van der Waals surface area contributed by atoms with Crippen molar-refractivity contribution in [3.05, 3.63) is 163 Å². The fraction of sp³-hybridized carbons (Fsp3) is 0.0638. The van der Waals surface area contributed by atoms with Crippen molar-refractivity contribution in [2.75, 3.05) is 0 Å². The Labute approximate surface area is 294 Å². The van der Waals surface area contributed by atoms with Crippen molar-refractivity contribution in [2.24, 2.45) is 0 Å². The monoisotopic (exact) mass is 653 g/mol. The number of hydrogen-bond acceptors (Lipinski definition) is 3. The normalized spacial score (nSPS) is 13.5. The first-order valence-electron chi connectivity index (χ1n) is 17.5. The number of fused-ring (bicyclic) bond motifs is 13. The number of rotatable bonds is 3. The molecule has 0 saturated heterocycles. The Morgan fingerprint density at radius 2 is 1.27 bits per heavy atom. The predicted molar refractivity (Wildman–Crippen MR) is 210 cm³/mol. The van der Waals surface area contributed by atoms with E-state index in [4.69, 9.17) is 14.4 Å². The maximum Gasteiger partial charge on any atom is 0.160 e. The van der Waals surface area contributed by atoms with E-state index < -0.39 is 0 Å². The largest absolute Gasteiger partial charge is 0.454 e. The maximum atomic E-state index is 6.97. The summed E-state index contributed by atoms with van der Waals surface area (Å²) in [6.07, 6.45) is 0. The van der Waals surface area contributed by atoms with E-state index in [2.05, 4.69) is 146 Å². The number of aromatic nitrogens is 3. The third-order valence-corrected chi connectivity index (χ3v) is 10.9. The predicted octanol–water partition coefficient (Wildman–Crippen LogP) is 12.3. The lowest BCUT2D eigenvalue weighted by atomic mass is 9.80. The van der Waals surface area contributed by atoms with Gasteiger partial charge in [-0.15, -0.1) is 0 Å². The summed E-state index contributed by atoms with van der Waals surface area (Å²) in [7, 11) is 0. The molecule has 0 N–H and O–H groups in total.